The van der Waals surface area contributed by atoms with Crippen LogP contribution in [0.3, 0.4) is 0 Å². The number of halogens is 1. The lowest BCUT2D eigenvalue weighted by Crippen LogP contribution is -2.14. The minimum absolute atomic E-state index is 0.0488. The van der Waals surface area contributed by atoms with E-state index in [1.807, 2.05) is 18.2 Å². The van der Waals surface area contributed by atoms with Crippen molar-refractivity contribution in [3.8, 4) is 0 Å². The SMILES string of the molecule is CCOC(=O)Cc1cc(C(C)(C)C)ccc1SC(=O)c1ccc(Cl)cc1. The molecule has 0 atom stereocenters. The van der Waals surface area contributed by atoms with Gasteiger partial charge in [0.2, 0.25) is 5.12 Å². The minimum Gasteiger partial charge on any atom is -0.466 e. The van der Waals surface area contributed by atoms with Gasteiger partial charge in [-0.05, 0) is 65.6 Å². The number of carbonyl (C=O) groups is 2. The highest BCUT2D eigenvalue weighted by molar-refractivity contribution is 8.14. The monoisotopic (exact) mass is 390 g/mol. The average molecular weight is 391 g/mol. The molecule has 0 bridgehead atoms. The van der Waals surface area contributed by atoms with Gasteiger partial charge in [-0.2, -0.15) is 0 Å². The standard InChI is InChI=1S/C21H23ClO3S/c1-5-25-19(23)13-15-12-16(21(2,3)4)8-11-18(15)26-20(24)14-6-9-17(22)10-7-14/h6-12H,5,13H2,1-4H3. The molecule has 138 valence electrons. The average Bonchev–Trinajstić information content (AvgIpc) is 2.56. The lowest BCUT2D eigenvalue weighted by Gasteiger charge is -2.21. The number of hydrogen-bond donors (Lipinski definition) is 0. The topological polar surface area (TPSA) is 43.4 Å². The van der Waals surface area contributed by atoms with Crippen molar-refractivity contribution < 1.29 is 14.3 Å². The fourth-order valence-electron chi connectivity index (χ4n) is 2.40. The summed E-state index contributed by atoms with van der Waals surface area (Å²) in [5, 5.41) is 0.499. The molecule has 0 aliphatic rings. The van der Waals surface area contributed by atoms with Crippen LogP contribution < -0.4 is 0 Å². The molecule has 0 N–H and O–H groups in total. The van der Waals surface area contributed by atoms with Gasteiger partial charge in [-0.1, -0.05) is 44.5 Å². The van der Waals surface area contributed by atoms with Crippen LogP contribution in [0, 0.1) is 0 Å². The summed E-state index contributed by atoms with van der Waals surface area (Å²) in [6.07, 6.45) is 0.147. The van der Waals surface area contributed by atoms with E-state index in [0.29, 0.717) is 17.2 Å². The van der Waals surface area contributed by atoms with Crippen LogP contribution >= 0.6 is 23.4 Å². The van der Waals surface area contributed by atoms with Crippen molar-refractivity contribution in [1.29, 1.82) is 0 Å². The molecule has 0 spiro atoms. The van der Waals surface area contributed by atoms with Crippen LogP contribution in [0.4, 0.5) is 0 Å². The summed E-state index contributed by atoms with van der Waals surface area (Å²) in [5.74, 6) is -0.292. The second-order valence-electron chi connectivity index (χ2n) is 6.95. The van der Waals surface area contributed by atoms with Gasteiger partial charge in [-0.15, -0.1) is 0 Å². The summed E-state index contributed by atoms with van der Waals surface area (Å²) in [4.78, 5) is 25.3. The Bertz CT molecular complexity index is 792. The summed E-state index contributed by atoms with van der Waals surface area (Å²) in [5.41, 5.74) is 2.44. The van der Waals surface area contributed by atoms with Crippen LogP contribution in [0.2, 0.25) is 5.02 Å². The molecule has 0 aromatic heterocycles. The molecule has 0 heterocycles. The van der Waals surface area contributed by atoms with Crippen LogP contribution in [0.25, 0.3) is 0 Å². The summed E-state index contributed by atoms with van der Waals surface area (Å²) < 4.78 is 5.08. The molecular formula is C21H23ClO3S. The van der Waals surface area contributed by atoms with Gasteiger partial charge >= 0.3 is 5.97 Å². The zero-order chi connectivity index (χ0) is 19.3. The highest BCUT2D eigenvalue weighted by atomic mass is 35.5. The summed E-state index contributed by atoms with van der Waals surface area (Å²) >= 11 is 7.00. The third-order valence-corrected chi connectivity index (χ3v) is 5.14. The van der Waals surface area contributed by atoms with E-state index >= 15 is 0 Å². The predicted octanol–water partition coefficient (Wildman–Crippen LogP) is 5.68. The first-order valence-corrected chi connectivity index (χ1v) is 9.67. The summed E-state index contributed by atoms with van der Waals surface area (Å²) in [7, 11) is 0. The molecule has 2 aromatic rings. The van der Waals surface area contributed by atoms with Crippen LogP contribution in [-0.2, 0) is 21.4 Å². The lowest BCUT2D eigenvalue weighted by molar-refractivity contribution is -0.142. The number of rotatable bonds is 5. The van der Waals surface area contributed by atoms with E-state index < -0.39 is 0 Å². The van der Waals surface area contributed by atoms with E-state index in [4.69, 9.17) is 16.3 Å². The van der Waals surface area contributed by atoms with Crippen molar-refractivity contribution >= 4 is 34.4 Å². The Morgan fingerprint density at radius 3 is 2.31 bits per heavy atom. The van der Waals surface area contributed by atoms with Crippen LogP contribution in [-0.4, -0.2) is 17.7 Å². The van der Waals surface area contributed by atoms with E-state index in [1.165, 1.54) is 0 Å². The molecule has 0 aliphatic carbocycles. The molecule has 3 nitrogen and oxygen atoms in total. The fourth-order valence-corrected chi connectivity index (χ4v) is 3.37. The number of carbonyl (C=O) groups excluding carboxylic acids is 2. The molecule has 0 saturated carbocycles. The first-order valence-electron chi connectivity index (χ1n) is 8.47. The Hall–Kier alpha value is -1.78. The largest absolute Gasteiger partial charge is 0.466 e. The predicted molar refractivity (Wildman–Crippen MR) is 107 cm³/mol. The van der Waals surface area contributed by atoms with E-state index in [9.17, 15) is 9.59 Å². The molecule has 2 aromatic carbocycles. The molecule has 0 aliphatic heterocycles. The molecule has 5 heteroatoms. The Balaban J connectivity index is 2.31. The molecule has 2 rings (SSSR count). The van der Waals surface area contributed by atoms with Gasteiger partial charge in [-0.3, -0.25) is 9.59 Å². The van der Waals surface area contributed by atoms with Crippen molar-refractivity contribution in [2.45, 2.75) is 44.4 Å². The summed E-state index contributed by atoms with van der Waals surface area (Å²) in [6.45, 7) is 8.46. The third-order valence-electron chi connectivity index (χ3n) is 3.85. The Labute approximate surface area is 164 Å². The Morgan fingerprint density at radius 2 is 1.73 bits per heavy atom. The molecule has 26 heavy (non-hydrogen) atoms. The quantitative estimate of drug-likeness (QED) is 0.487. The second-order valence-corrected chi connectivity index (χ2v) is 8.40. The molecule has 0 unspecified atom stereocenters. The highest BCUT2D eigenvalue weighted by Crippen LogP contribution is 2.32. The van der Waals surface area contributed by atoms with Crippen molar-refractivity contribution in [1.82, 2.24) is 0 Å². The maximum absolute atomic E-state index is 12.6. The van der Waals surface area contributed by atoms with E-state index in [2.05, 4.69) is 20.8 Å². The Kier molecular flexibility index (Phi) is 6.90. The van der Waals surface area contributed by atoms with Crippen LogP contribution in [0.1, 0.15) is 49.2 Å². The molecule has 0 fully saturated rings. The zero-order valence-corrected chi connectivity index (χ0v) is 17.0. The number of benzene rings is 2. The normalized spacial score (nSPS) is 11.3. The maximum Gasteiger partial charge on any atom is 0.310 e. The zero-order valence-electron chi connectivity index (χ0n) is 15.5. The van der Waals surface area contributed by atoms with Gasteiger partial charge in [0.1, 0.15) is 0 Å². The van der Waals surface area contributed by atoms with E-state index in [1.54, 1.807) is 31.2 Å². The maximum atomic E-state index is 12.6. The van der Waals surface area contributed by atoms with Crippen molar-refractivity contribution in [2.75, 3.05) is 6.61 Å². The van der Waals surface area contributed by atoms with Crippen LogP contribution in [0.15, 0.2) is 47.4 Å². The first-order chi connectivity index (χ1) is 12.2. The number of ether oxygens (including phenoxy) is 1. The van der Waals surface area contributed by atoms with E-state index in [0.717, 1.165) is 27.8 Å². The van der Waals surface area contributed by atoms with Gasteiger partial charge in [-0.25, -0.2) is 0 Å². The molecule has 0 saturated heterocycles. The lowest BCUT2D eigenvalue weighted by atomic mass is 9.86. The van der Waals surface area contributed by atoms with Gasteiger partial charge in [0.15, 0.2) is 0 Å². The molecule has 0 amide bonds. The van der Waals surface area contributed by atoms with Crippen LogP contribution in [0.5, 0.6) is 0 Å². The summed E-state index contributed by atoms with van der Waals surface area (Å²) in [6, 6.07) is 12.7. The minimum atomic E-state index is -0.292. The number of thioether (sulfide) groups is 1. The number of esters is 1. The van der Waals surface area contributed by atoms with Crippen molar-refractivity contribution in [3.63, 3.8) is 0 Å². The smallest absolute Gasteiger partial charge is 0.310 e. The van der Waals surface area contributed by atoms with Crippen molar-refractivity contribution in [3.05, 3.63) is 64.2 Å². The van der Waals surface area contributed by atoms with Crippen molar-refractivity contribution in [2.24, 2.45) is 0 Å². The fraction of sp³-hybridized carbons (Fsp3) is 0.333. The van der Waals surface area contributed by atoms with Gasteiger partial charge in [0.25, 0.3) is 0 Å². The third kappa shape index (κ3) is 5.61. The van der Waals surface area contributed by atoms with Gasteiger partial charge < -0.3 is 4.74 Å². The second kappa shape index (κ2) is 8.74. The van der Waals surface area contributed by atoms with Gasteiger partial charge in [0.05, 0.1) is 13.0 Å². The first kappa shape index (κ1) is 20.5. The number of hydrogen-bond acceptors (Lipinski definition) is 4. The van der Waals surface area contributed by atoms with Gasteiger partial charge in [0, 0.05) is 15.5 Å². The Morgan fingerprint density at radius 1 is 1.08 bits per heavy atom. The van der Waals surface area contributed by atoms with E-state index in [-0.39, 0.29) is 22.9 Å². The highest BCUT2D eigenvalue weighted by Gasteiger charge is 2.19. The molecule has 0 radical (unpaired) electrons. The molecular weight excluding hydrogens is 368 g/mol.